The van der Waals surface area contributed by atoms with Crippen LogP contribution in [-0.2, 0) is 44.8 Å². The molecule has 4 heterocycles. The molecule has 2 aliphatic heterocycles. The second-order valence-corrected chi connectivity index (χ2v) is 15.7. The largest absolute Gasteiger partial charge is 0.445 e. The molecule has 1 aromatic carbocycles. The Kier molecular flexibility index (Phi) is 15.0. The highest BCUT2D eigenvalue weighted by molar-refractivity contribution is 6.13. The van der Waals surface area contributed by atoms with Crippen molar-refractivity contribution in [3.63, 3.8) is 0 Å². The number of rotatable bonds is 17. The van der Waals surface area contributed by atoms with Crippen LogP contribution in [0.5, 0.6) is 0 Å². The number of anilines is 2. The molecule has 2 aromatic heterocycles. The molecule has 0 spiro atoms. The van der Waals surface area contributed by atoms with E-state index in [1.807, 2.05) is 0 Å². The number of carbonyl (C=O) groups is 7. The molecule has 2 fully saturated rings. The Morgan fingerprint density at radius 2 is 1.69 bits per heavy atom. The number of imidazole rings is 1. The summed E-state index contributed by atoms with van der Waals surface area (Å²) in [5.74, 6) is -3.41. The van der Waals surface area contributed by atoms with Gasteiger partial charge in [-0.3, -0.25) is 33.7 Å². The molecule has 64 heavy (non-hydrogen) atoms. The van der Waals surface area contributed by atoms with Gasteiger partial charge in [0.2, 0.25) is 23.6 Å². The number of fused-ring (bicyclic) bond motifs is 1. The first kappa shape index (κ1) is 46.7. The summed E-state index contributed by atoms with van der Waals surface area (Å²) in [5, 5.41) is 48.5. The van der Waals surface area contributed by atoms with E-state index in [0.29, 0.717) is 35.3 Å². The number of H-pyrrole nitrogens is 1. The zero-order valence-corrected chi connectivity index (χ0v) is 35.0. The first-order valence-corrected chi connectivity index (χ1v) is 20.6. The van der Waals surface area contributed by atoms with E-state index < -0.39 is 96.3 Å². The van der Waals surface area contributed by atoms with Gasteiger partial charge in [-0.1, -0.05) is 38.0 Å². The Bertz CT molecular complexity index is 2260. The van der Waals surface area contributed by atoms with Crippen LogP contribution >= 0.6 is 0 Å². The zero-order valence-electron chi connectivity index (χ0n) is 35.0. The number of amides is 7. The first-order valence-electron chi connectivity index (χ1n) is 20.6. The van der Waals surface area contributed by atoms with E-state index in [-0.39, 0.29) is 43.8 Å². The summed E-state index contributed by atoms with van der Waals surface area (Å²) in [6.07, 6.45) is 0.609. The van der Waals surface area contributed by atoms with E-state index in [9.17, 15) is 48.9 Å². The number of ether oxygens (including phenoxy) is 2. The van der Waals surface area contributed by atoms with Crippen LogP contribution in [0.15, 0.2) is 61.2 Å². The Hall–Kier alpha value is -6.82. The van der Waals surface area contributed by atoms with Gasteiger partial charge in [-0.15, -0.1) is 0 Å². The Balaban J connectivity index is 0.976. The smallest absolute Gasteiger partial charge is 0.408 e. The lowest BCUT2D eigenvalue weighted by molar-refractivity contribution is -0.186. The highest BCUT2D eigenvalue weighted by Crippen LogP contribution is 2.31. The number of aromatic amines is 1. The minimum absolute atomic E-state index is 0.175. The maximum atomic E-state index is 14.0. The predicted octanol–water partition coefficient (Wildman–Crippen LogP) is -0.863. The van der Waals surface area contributed by atoms with Crippen LogP contribution in [-0.4, -0.2) is 143 Å². The van der Waals surface area contributed by atoms with Gasteiger partial charge in [-0.2, -0.15) is 0 Å². The van der Waals surface area contributed by atoms with Gasteiger partial charge in [0.15, 0.2) is 17.7 Å². The molecule has 0 radical (unpaired) electrons. The molecule has 0 unspecified atom stereocenters. The van der Waals surface area contributed by atoms with Crippen molar-refractivity contribution in [3.8, 4) is 0 Å². The number of nitrogens with zero attached hydrogens (tertiary/aromatic N) is 4. The van der Waals surface area contributed by atoms with Crippen LogP contribution in [0.2, 0.25) is 0 Å². The van der Waals surface area contributed by atoms with E-state index in [1.54, 1.807) is 24.3 Å². The summed E-state index contributed by atoms with van der Waals surface area (Å²) in [7, 11) is 0. The van der Waals surface area contributed by atoms with E-state index in [1.165, 1.54) is 26.5 Å². The van der Waals surface area contributed by atoms with Gasteiger partial charge >= 0.3 is 6.09 Å². The van der Waals surface area contributed by atoms with Crippen molar-refractivity contribution < 1.29 is 58.4 Å². The number of nitrogens with one attached hydrogen (secondary N) is 7. The molecular formula is C41H51N11O12. The summed E-state index contributed by atoms with van der Waals surface area (Å²) in [5.41, 5.74) is 0.498. The fraction of sp³-hybridized carbons (Fsp3) is 0.463. The minimum atomic E-state index is -1.61. The molecule has 23 nitrogen and oxygen atoms in total. The van der Waals surface area contributed by atoms with E-state index in [2.05, 4.69) is 58.4 Å². The number of aliphatic hydroxyl groups excluding tert-OH is 3. The topological polar surface area (TPSA) is 329 Å². The van der Waals surface area contributed by atoms with E-state index >= 15 is 0 Å². The molecule has 3 aromatic rings. The molecule has 1 saturated heterocycles. The van der Waals surface area contributed by atoms with Crippen molar-refractivity contribution in [2.45, 2.75) is 107 Å². The molecule has 7 amide bonds. The Morgan fingerprint density at radius 1 is 0.984 bits per heavy atom. The van der Waals surface area contributed by atoms with Crippen LogP contribution in [0.4, 0.5) is 16.3 Å². The van der Waals surface area contributed by atoms with Crippen LogP contribution in [0.25, 0.3) is 11.2 Å². The molecule has 23 heteroatoms. The minimum Gasteiger partial charge on any atom is -0.445 e. The monoisotopic (exact) mass is 889 g/mol. The summed E-state index contributed by atoms with van der Waals surface area (Å²) in [4.78, 5) is 105. The zero-order chi connectivity index (χ0) is 46.1. The maximum Gasteiger partial charge on any atom is 0.408 e. The third kappa shape index (κ3) is 11.0. The van der Waals surface area contributed by atoms with Gasteiger partial charge in [0.1, 0.15) is 54.4 Å². The molecule has 1 saturated carbocycles. The number of hydrogen-bond acceptors (Lipinski definition) is 16. The van der Waals surface area contributed by atoms with E-state index in [0.717, 1.165) is 23.5 Å². The quantitative estimate of drug-likeness (QED) is 0.0582. The molecule has 10 N–H and O–H groups in total. The summed E-state index contributed by atoms with van der Waals surface area (Å²) < 4.78 is 11.4. The standard InChI is InChI=1S/C41H51N11O12/c1-21(2)29(48-26(54)13-16-52-27(55)11-12-28(52)56)37(60)46-22(3)36(59)47-24-9-7-23(8-10-24)18-63-40(62)51-41(14-5-4-6-15-41)39(61)49-30-25(17-53)64-38(33(58)32(30)57)50-35-31-34(43-19-42-31)44-20-45-35/h7-12,19-20,22,25,29-30,32-33,38,53,57-58H,1,4-6,13-18H2,2-3H3,(H,46,60)(H,47,59)(H,48,54)(H,49,61)(H,51,62)(H2,42,43,44,45,50)/t22-,25-,29-,30-,32+,33-,38-/m0/s1. The van der Waals surface area contributed by atoms with Gasteiger partial charge in [0, 0.05) is 30.8 Å². The average Bonchev–Trinajstić information content (AvgIpc) is 3.90. The predicted molar refractivity (Wildman–Crippen MR) is 224 cm³/mol. The number of aliphatic hydroxyl groups is 3. The van der Waals surface area contributed by atoms with Gasteiger partial charge in [0.25, 0.3) is 11.8 Å². The third-order valence-electron chi connectivity index (χ3n) is 11.1. The van der Waals surface area contributed by atoms with Crippen molar-refractivity contribution >= 4 is 64.2 Å². The van der Waals surface area contributed by atoms with Gasteiger partial charge in [-0.05, 0) is 50.0 Å². The normalized spacial score (nSPS) is 22.5. The number of benzene rings is 1. The number of carbonyl (C=O) groups excluding carboxylic acids is 7. The van der Waals surface area contributed by atoms with Crippen LogP contribution in [0, 0.1) is 0 Å². The Morgan fingerprint density at radius 3 is 2.36 bits per heavy atom. The summed E-state index contributed by atoms with van der Waals surface area (Å²) in [6.45, 7) is 5.68. The van der Waals surface area contributed by atoms with Crippen molar-refractivity contribution in [2.75, 3.05) is 23.8 Å². The molecule has 1 aliphatic carbocycles. The maximum absolute atomic E-state index is 14.0. The summed E-state index contributed by atoms with van der Waals surface area (Å²) >= 11 is 0. The molecular weight excluding hydrogens is 839 g/mol. The average molecular weight is 890 g/mol. The number of aromatic nitrogens is 4. The second-order valence-electron chi connectivity index (χ2n) is 15.7. The van der Waals surface area contributed by atoms with E-state index in [4.69, 9.17) is 9.47 Å². The highest BCUT2D eigenvalue weighted by atomic mass is 16.6. The SMILES string of the molecule is C=C(C)[C@H](NC(=O)CCN1C(=O)C=CC1=O)C(=O)N[C@@H](C)C(=O)Nc1ccc(COC(=O)NC2(C(=O)N[C@@H]3[C@@H](O)[C@H](O)[C@@H](Nc4ncnc5nc[nH]c45)O[C@H]3CO)CCCCC2)cc1. The number of imide groups is 1. The van der Waals surface area contributed by atoms with Crippen molar-refractivity contribution in [2.24, 2.45) is 0 Å². The lowest BCUT2D eigenvalue weighted by atomic mass is 9.80. The molecule has 6 rings (SSSR count). The fourth-order valence-corrected chi connectivity index (χ4v) is 7.47. The van der Waals surface area contributed by atoms with Crippen LogP contribution in [0.3, 0.4) is 0 Å². The van der Waals surface area contributed by atoms with Crippen molar-refractivity contribution in [3.05, 3.63) is 66.8 Å². The van der Waals surface area contributed by atoms with Crippen molar-refractivity contribution in [1.82, 2.24) is 46.1 Å². The fourth-order valence-electron chi connectivity index (χ4n) is 7.47. The molecule has 7 atom stereocenters. The Labute approximate surface area is 365 Å². The van der Waals surface area contributed by atoms with Gasteiger partial charge in [-0.25, -0.2) is 19.7 Å². The number of alkyl carbamates (subject to hydrolysis) is 1. The van der Waals surface area contributed by atoms with Crippen LogP contribution in [0.1, 0.15) is 57.9 Å². The lowest BCUT2D eigenvalue weighted by Gasteiger charge is -2.44. The lowest BCUT2D eigenvalue weighted by Crippen LogP contribution is -2.69. The first-order chi connectivity index (χ1) is 30.6. The molecule has 3 aliphatic rings. The second kappa shape index (κ2) is 20.6. The van der Waals surface area contributed by atoms with Gasteiger partial charge in [0.05, 0.1) is 19.0 Å². The van der Waals surface area contributed by atoms with Crippen LogP contribution < -0.4 is 31.9 Å². The summed E-state index contributed by atoms with van der Waals surface area (Å²) in [6, 6.07) is 2.77. The van der Waals surface area contributed by atoms with Gasteiger partial charge < -0.3 is 61.7 Å². The molecule has 0 bridgehead atoms. The third-order valence-corrected chi connectivity index (χ3v) is 11.1. The van der Waals surface area contributed by atoms with Crippen molar-refractivity contribution in [1.29, 1.82) is 0 Å². The molecule has 342 valence electrons. The highest BCUT2D eigenvalue weighted by Gasteiger charge is 2.49. The number of hydrogen-bond donors (Lipinski definition) is 10.